The Morgan fingerprint density at radius 2 is 2.11 bits per heavy atom. The lowest BCUT2D eigenvalue weighted by Crippen LogP contribution is -2.33. The number of fused-ring (bicyclic) bond motifs is 1. The third kappa shape index (κ3) is 4.08. The molecule has 0 bridgehead atoms. The number of unbranched alkanes of at least 4 members (excludes halogenated alkanes) is 2. The number of carbonyl (C=O) groups excluding carboxylic acids is 1. The number of methoxy groups -OCH3 is 1. The standard InChI is InChI=1S/C21H26ClN3O2/c1-4-5-7-12-21(22)13-8-6-9-16(21)14-25-15(2)23-17-10-11-18(20(26)27-3)24-19(17)25/h6,8-11,13,16H,4-5,7,12,14H2,1-3H3. The predicted molar refractivity (Wildman–Crippen MR) is 108 cm³/mol. The maximum Gasteiger partial charge on any atom is 0.356 e. The van der Waals surface area contributed by atoms with Crippen LogP contribution in [-0.4, -0.2) is 32.5 Å². The Bertz CT molecular complexity index is 887. The molecule has 2 unspecified atom stereocenters. The van der Waals surface area contributed by atoms with Crippen molar-refractivity contribution in [1.82, 2.24) is 14.5 Å². The molecule has 0 amide bonds. The number of allylic oxidation sites excluding steroid dienone is 4. The molecule has 6 heteroatoms. The van der Waals surface area contributed by atoms with E-state index in [1.54, 1.807) is 6.07 Å². The zero-order valence-corrected chi connectivity index (χ0v) is 16.9. The van der Waals surface area contributed by atoms with E-state index in [1.165, 1.54) is 20.0 Å². The van der Waals surface area contributed by atoms with Crippen LogP contribution in [0.5, 0.6) is 0 Å². The summed E-state index contributed by atoms with van der Waals surface area (Å²) < 4.78 is 6.85. The fourth-order valence-corrected chi connectivity index (χ4v) is 3.92. The van der Waals surface area contributed by atoms with Gasteiger partial charge in [0.2, 0.25) is 0 Å². The first-order valence-electron chi connectivity index (χ1n) is 9.45. The van der Waals surface area contributed by atoms with Crippen LogP contribution in [0.2, 0.25) is 0 Å². The minimum absolute atomic E-state index is 0.126. The number of rotatable bonds is 7. The van der Waals surface area contributed by atoms with E-state index in [2.05, 4.69) is 29.0 Å². The van der Waals surface area contributed by atoms with Crippen molar-refractivity contribution in [2.45, 2.75) is 50.9 Å². The van der Waals surface area contributed by atoms with Gasteiger partial charge in [-0.3, -0.25) is 0 Å². The number of aromatic nitrogens is 3. The van der Waals surface area contributed by atoms with E-state index in [1.807, 2.05) is 29.7 Å². The van der Waals surface area contributed by atoms with Crippen LogP contribution in [0.3, 0.4) is 0 Å². The van der Waals surface area contributed by atoms with E-state index >= 15 is 0 Å². The molecule has 144 valence electrons. The summed E-state index contributed by atoms with van der Waals surface area (Å²) in [5.41, 5.74) is 1.73. The molecule has 0 aliphatic heterocycles. The Balaban J connectivity index is 1.92. The predicted octanol–water partition coefficient (Wildman–Crippen LogP) is 4.83. The average molecular weight is 388 g/mol. The van der Waals surface area contributed by atoms with Gasteiger partial charge < -0.3 is 9.30 Å². The highest BCUT2D eigenvalue weighted by molar-refractivity contribution is 6.25. The van der Waals surface area contributed by atoms with Crippen molar-refractivity contribution in [2.24, 2.45) is 5.92 Å². The van der Waals surface area contributed by atoms with Gasteiger partial charge >= 0.3 is 5.97 Å². The number of hydrogen-bond acceptors (Lipinski definition) is 4. The number of nitrogens with zero attached hydrogens (tertiary/aromatic N) is 3. The van der Waals surface area contributed by atoms with Crippen molar-refractivity contribution >= 4 is 28.7 Å². The van der Waals surface area contributed by atoms with Gasteiger partial charge in [-0.15, -0.1) is 11.6 Å². The number of imidazole rings is 1. The lowest BCUT2D eigenvalue weighted by Gasteiger charge is -2.33. The van der Waals surface area contributed by atoms with Crippen LogP contribution >= 0.6 is 11.6 Å². The fourth-order valence-electron chi connectivity index (χ4n) is 3.57. The molecule has 1 aliphatic rings. The summed E-state index contributed by atoms with van der Waals surface area (Å²) in [5, 5.41) is 0. The molecule has 5 nitrogen and oxygen atoms in total. The van der Waals surface area contributed by atoms with Gasteiger partial charge in [0.1, 0.15) is 11.3 Å². The van der Waals surface area contributed by atoms with Crippen LogP contribution < -0.4 is 0 Å². The van der Waals surface area contributed by atoms with Gasteiger partial charge in [0, 0.05) is 12.5 Å². The molecule has 0 fully saturated rings. The van der Waals surface area contributed by atoms with E-state index in [0.29, 0.717) is 12.2 Å². The second-order valence-corrected chi connectivity index (χ2v) is 7.74. The highest BCUT2D eigenvalue weighted by Crippen LogP contribution is 2.38. The molecule has 0 saturated carbocycles. The van der Waals surface area contributed by atoms with Crippen LogP contribution in [0.25, 0.3) is 11.2 Å². The molecule has 2 aromatic rings. The Hall–Kier alpha value is -2.14. The molecular weight excluding hydrogens is 362 g/mol. The molecule has 1 aliphatic carbocycles. The second-order valence-electron chi connectivity index (χ2n) is 7.03. The average Bonchev–Trinajstić information content (AvgIpc) is 2.98. The first-order valence-corrected chi connectivity index (χ1v) is 9.83. The van der Waals surface area contributed by atoms with Gasteiger partial charge in [0.15, 0.2) is 11.3 Å². The number of alkyl halides is 1. The van der Waals surface area contributed by atoms with Gasteiger partial charge in [0.25, 0.3) is 0 Å². The number of pyridine rings is 1. The monoisotopic (exact) mass is 387 g/mol. The normalized spacial score (nSPS) is 21.7. The zero-order chi connectivity index (χ0) is 19.4. The van der Waals surface area contributed by atoms with Crippen molar-refractivity contribution in [3.63, 3.8) is 0 Å². The molecule has 0 N–H and O–H groups in total. The molecule has 0 aromatic carbocycles. The fraction of sp³-hybridized carbons (Fsp3) is 0.476. The summed E-state index contributed by atoms with van der Waals surface area (Å²) in [5.74, 6) is 0.532. The third-order valence-electron chi connectivity index (χ3n) is 5.16. The van der Waals surface area contributed by atoms with Crippen molar-refractivity contribution in [1.29, 1.82) is 0 Å². The van der Waals surface area contributed by atoms with Crippen LogP contribution in [-0.2, 0) is 11.3 Å². The molecular formula is C21H26ClN3O2. The van der Waals surface area contributed by atoms with Crippen molar-refractivity contribution in [3.8, 4) is 0 Å². The Labute approximate surface area is 165 Å². The van der Waals surface area contributed by atoms with Crippen molar-refractivity contribution in [3.05, 3.63) is 48.0 Å². The minimum atomic E-state index is -0.450. The Morgan fingerprint density at radius 3 is 2.85 bits per heavy atom. The molecule has 0 radical (unpaired) electrons. The zero-order valence-electron chi connectivity index (χ0n) is 16.1. The summed E-state index contributed by atoms with van der Waals surface area (Å²) in [6.45, 7) is 4.81. The SMILES string of the molecule is CCCCCC1(Cl)C=CC=CC1Cn1c(C)nc2ccc(C(=O)OC)nc21. The molecule has 2 heterocycles. The summed E-state index contributed by atoms with van der Waals surface area (Å²) in [4.78, 5) is 20.5. The van der Waals surface area contributed by atoms with E-state index in [0.717, 1.165) is 24.2 Å². The van der Waals surface area contributed by atoms with Gasteiger partial charge in [-0.25, -0.2) is 14.8 Å². The van der Waals surface area contributed by atoms with E-state index in [-0.39, 0.29) is 11.6 Å². The molecule has 27 heavy (non-hydrogen) atoms. The number of halogens is 1. The molecule has 2 atom stereocenters. The Kier molecular flexibility index (Phi) is 6.00. The maximum atomic E-state index is 11.9. The summed E-state index contributed by atoms with van der Waals surface area (Å²) >= 11 is 7.04. The summed E-state index contributed by atoms with van der Waals surface area (Å²) in [6, 6.07) is 3.45. The topological polar surface area (TPSA) is 57.0 Å². The van der Waals surface area contributed by atoms with Gasteiger partial charge in [0.05, 0.1) is 12.0 Å². The van der Waals surface area contributed by atoms with E-state index < -0.39 is 10.8 Å². The maximum absolute atomic E-state index is 11.9. The van der Waals surface area contributed by atoms with Crippen LogP contribution in [0.1, 0.15) is 48.9 Å². The van der Waals surface area contributed by atoms with Crippen molar-refractivity contribution < 1.29 is 9.53 Å². The highest BCUT2D eigenvalue weighted by Gasteiger charge is 2.34. The van der Waals surface area contributed by atoms with Gasteiger partial charge in [-0.1, -0.05) is 50.5 Å². The van der Waals surface area contributed by atoms with Crippen LogP contribution in [0, 0.1) is 12.8 Å². The van der Waals surface area contributed by atoms with Gasteiger partial charge in [-0.05, 0) is 25.5 Å². The third-order valence-corrected chi connectivity index (χ3v) is 5.76. The van der Waals surface area contributed by atoms with Gasteiger partial charge in [-0.2, -0.15) is 0 Å². The van der Waals surface area contributed by atoms with Crippen molar-refractivity contribution in [2.75, 3.05) is 7.11 Å². The lowest BCUT2D eigenvalue weighted by atomic mass is 9.83. The molecule has 0 saturated heterocycles. The van der Waals surface area contributed by atoms with Crippen LogP contribution in [0.4, 0.5) is 0 Å². The van der Waals surface area contributed by atoms with E-state index in [9.17, 15) is 4.79 Å². The number of esters is 1. The largest absolute Gasteiger partial charge is 0.464 e. The first-order chi connectivity index (χ1) is 13.0. The quantitative estimate of drug-likeness (QED) is 0.388. The minimum Gasteiger partial charge on any atom is -0.464 e. The lowest BCUT2D eigenvalue weighted by molar-refractivity contribution is 0.0594. The number of ether oxygens (including phenoxy) is 1. The number of carbonyl (C=O) groups is 1. The first kappa shape index (κ1) is 19.6. The number of aryl methyl sites for hydroxylation is 1. The van der Waals surface area contributed by atoms with Crippen LogP contribution in [0.15, 0.2) is 36.4 Å². The molecule has 0 spiro atoms. The smallest absolute Gasteiger partial charge is 0.356 e. The summed E-state index contributed by atoms with van der Waals surface area (Å²) in [7, 11) is 1.36. The second kappa shape index (κ2) is 8.26. The molecule has 2 aromatic heterocycles. The van der Waals surface area contributed by atoms with E-state index in [4.69, 9.17) is 16.3 Å². The number of hydrogen-bond donors (Lipinski definition) is 0. The summed E-state index contributed by atoms with van der Waals surface area (Å²) in [6.07, 6.45) is 12.7. The Morgan fingerprint density at radius 1 is 1.30 bits per heavy atom. The molecule has 3 rings (SSSR count). The highest BCUT2D eigenvalue weighted by atomic mass is 35.5.